The zero-order chi connectivity index (χ0) is 15.1. The van der Waals surface area contributed by atoms with Crippen molar-refractivity contribution in [2.75, 3.05) is 5.75 Å². The highest BCUT2D eigenvalue weighted by Crippen LogP contribution is 2.19. The van der Waals surface area contributed by atoms with Crippen LogP contribution in [0.15, 0.2) is 48.5 Å². The second kappa shape index (κ2) is 7.74. The Balaban J connectivity index is 1.88. The van der Waals surface area contributed by atoms with Gasteiger partial charge in [-0.1, -0.05) is 42.0 Å². The lowest BCUT2D eigenvalue weighted by Gasteiger charge is -2.08. The lowest BCUT2D eigenvalue weighted by atomic mass is 10.2. The summed E-state index contributed by atoms with van der Waals surface area (Å²) in [5.74, 6) is 0.818. The van der Waals surface area contributed by atoms with Crippen molar-refractivity contribution in [3.05, 3.63) is 65.2 Å². The maximum Gasteiger partial charge on any atom is 0.313 e. The molecule has 0 heterocycles. The van der Waals surface area contributed by atoms with E-state index in [1.807, 2.05) is 24.3 Å². The molecule has 4 heteroatoms. The smallest absolute Gasteiger partial charge is 0.313 e. The van der Waals surface area contributed by atoms with Crippen molar-refractivity contribution in [1.29, 1.82) is 0 Å². The summed E-state index contributed by atoms with van der Waals surface area (Å²) < 4.78 is 5.77. The zero-order valence-electron chi connectivity index (χ0n) is 11.9. The molecule has 0 unspecified atom stereocenters. The van der Waals surface area contributed by atoms with E-state index in [2.05, 4.69) is 31.2 Å². The monoisotopic (exact) mass is 302 g/mol. The van der Waals surface area contributed by atoms with E-state index in [9.17, 15) is 4.79 Å². The van der Waals surface area contributed by atoms with E-state index < -0.39 is 5.97 Å². The summed E-state index contributed by atoms with van der Waals surface area (Å²) in [6.07, 6.45) is 0. The van der Waals surface area contributed by atoms with Crippen LogP contribution in [-0.4, -0.2) is 16.8 Å². The Morgan fingerprint density at radius 1 is 1.14 bits per heavy atom. The minimum absolute atomic E-state index is 0.119. The molecule has 0 saturated heterocycles. The summed E-state index contributed by atoms with van der Waals surface area (Å²) in [4.78, 5) is 10.5. The first-order valence-electron chi connectivity index (χ1n) is 6.70. The van der Waals surface area contributed by atoms with E-state index in [0.29, 0.717) is 12.4 Å². The Bertz CT molecular complexity index is 593. The Morgan fingerprint density at radius 2 is 1.90 bits per heavy atom. The highest BCUT2D eigenvalue weighted by atomic mass is 32.2. The van der Waals surface area contributed by atoms with Crippen molar-refractivity contribution >= 4 is 17.7 Å². The molecular weight excluding hydrogens is 284 g/mol. The van der Waals surface area contributed by atoms with E-state index in [-0.39, 0.29) is 5.75 Å². The van der Waals surface area contributed by atoms with Crippen molar-refractivity contribution in [3.63, 3.8) is 0 Å². The van der Waals surface area contributed by atoms with E-state index in [0.717, 1.165) is 16.9 Å². The van der Waals surface area contributed by atoms with E-state index in [1.54, 1.807) is 0 Å². The standard InChI is InChI=1S/C17H18O3S/c1-13-5-7-14(8-6-13)10-20-16-4-2-3-15(9-16)11-21-12-17(18)19/h2-9H,10-12H2,1H3,(H,18,19). The van der Waals surface area contributed by atoms with E-state index in [4.69, 9.17) is 9.84 Å². The zero-order valence-corrected chi connectivity index (χ0v) is 12.7. The van der Waals surface area contributed by atoms with Gasteiger partial charge in [0.05, 0.1) is 5.75 Å². The maximum absolute atomic E-state index is 10.5. The average Bonchev–Trinajstić information content (AvgIpc) is 2.47. The number of carboxylic acids is 1. The second-order valence-electron chi connectivity index (χ2n) is 4.81. The number of hydrogen-bond acceptors (Lipinski definition) is 3. The van der Waals surface area contributed by atoms with Crippen LogP contribution in [0.1, 0.15) is 16.7 Å². The van der Waals surface area contributed by atoms with Crippen LogP contribution >= 0.6 is 11.8 Å². The molecule has 2 rings (SSSR count). The molecule has 0 radical (unpaired) electrons. The van der Waals surface area contributed by atoms with Crippen molar-refractivity contribution in [2.45, 2.75) is 19.3 Å². The largest absolute Gasteiger partial charge is 0.489 e. The Kier molecular flexibility index (Phi) is 5.69. The lowest BCUT2D eigenvalue weighted by molar-refractivity contribution is -0.133. The van der Waals surface area contributed by atoms with Crippen LogP contribution in [-0.2, 0) is 17.2 Å². The normalized spacial score (nSPS) is 10.3. The molecule has 0 fully saturated rings. The number of thioether (sulfide) groups is 1. The molecule has 0 aliphatic carbocycles. The molecule has 2 aromatic carbocycles. The van der Waals surface area contributed by atoms with Crippen LogP contribution < -0.4 is 4.74 Å². The van der Waals surface area contributed by atoms with Crippen LogP contribution in [0, 0.1) is 6.92 Å². The fourth-order valence-electron chi connectivity index (χ4n) is 1.83. The molecule has 0 atom stereocenters. The summed E-state index contributed by atoms with van der Waals surface area (Å²) in [5, 5.41) is 8.63. The molecule has 0 aromatic heterocycles. The first-order chi connectivity index (χ1) is 10.1. The number of carboxylic acid groups (broad SMARTS) is 1. The SMILES string of the molecule is Cc1ccc(COc2cccc(CSCC(=O)O)c2)cc1. The van der Waals surface area contributed by atoms with E-state index >= 15 is 0 Å². The molecule has 3 nitrogen and oxygen atoms in total. The minimum atomic E-state index is -0.785. The molecule has 1 N–H and O–H groups in total. The van der Waals surface area contributed by atoms with Gasteiger partial charge in [0, 0.05) is 5.75 Å². The first-order valence-corrected chi connectivity index (χ1v) is 7.86. The van der Waals surface area contributed by atoms with Gasteiger partial charge in [-0.2, -0.15) is 0 Å². The van der Waals surface area contributed by atoms with Crippen LogP contribution in [0.25, 0.3) is 0 Å². The molecule has 0 aliphatic heterocycles. The number of benzene rings is 2. The van der Waals surface area contributed by atoms with Gasteiger partial charge in [-0.3, -0.25) is 4.79 Å². The average molecular weight is 302 g/mol. The van der Waals surface area contributed by atoms with Crippen LogP contribution in [0.3, 0.4) is 0 Å². The third-order valence-electron chi connectivity index (χ3n) is 2.92. The summed E-state index contributed by atoms with van der Waals surface area (Å²) in [5.41, 5.74) is 3.44. The minimum Gasteiger partial charge on any atom is -0.489 e. The molecular formula is C17H18O3S. The van der Waals surface area contributed by atoms with Crippen LogP contribution in [0.2, 0.25) is 0 Å². The van der Waals surface area contributed by atoms with Gasteiger partial charge in [-0.25, -0.2) is 0 Å². The number of aryl methyl sites for hydroxylation is 1. The molecule has 110 valence electrons. The van der Waals surface area contributed by atoms with Crippen molar-refractivity contribution in [3.8, 4) is 5.75 Å². The second-order valence-corrected chi connectivity index (χ2v) is 5.79. The van der Waals surface area contributed by atoms with E-state index in [1.165, 1.54) is 17.3 Å². The number of aliphatic carboxylic acids is 1. The number of carbonyl (C=O) groups is 1. The van der Waals surface area contributed by atoms with Crippen molar-refractivity contribution < 1.29 is 14.6 Å². The first kappa shape index (κ1) is 15.4. The lowest BCUT2D eigenvalue weighted by Crippen LogP contribution is -1.98. The van der Waals surface area contributed by atoms with Gasteiger partial charge in [0.2, 0.25) is 0 Å². The van der Waals surface area contributed by atoms with Crippen molar-refractivity contribution in [1.82, 2.24) is 0 Å². The predicted molar refractivity (Wildman–Crippen MR) is 85.8 cm³/mol. The fourth-order valence-corrected chi connectivity index (χ4v) is 2.52. The molecule has 21 heavy (non-hydrogen) atoms. The van der Waals surface area contributed by atoms with Gasteiger partial charge in [0.25, 0.3) is 0 Å². The van der Waals surface area contributed by atoms with Gasteiger partial charge in [0.1, 0.15) is 12.4 Å². The Morgan fingerprint density at radius 3 is 2.62 bits per heavy atom. The number of rotatable bonds is 7. The molecule has 0 aliphatic rings. The van der Waals surface area contributed by atoms with Gasteiger partial charge < -0.3 is 9.84 Å². The molecule has 0 spiro atoms. The summed E-state index contributed by atoms with van der Waals surface area (Å²) >= 11 is 1.38. The number of ether oxygens (including phenoxy) is 1. The quantitative estimate of drug-likeness (QED) is 0.843. The molecule has 0 bridgehead atoms. The van der Waals surface area contributed by atoms with Gasteiger partial charge in [-0.05, 0) is 30.2 Å². The molecule has 2 aromatic rings. The fraction of sp³-hybridized carbons (Fsp3) is 0.235. The third kappa shape index (κ3) is 5.52. The summed E-state index contributed by atoms with van der Waals surface area (Å²) in [6.45, 7) is 2.59. The van der Waals surface area contributed by atoms with Gasteiger partial charge >= 0.3 is 5.97 Å². The number of hydrogen-bond donors (Lipinski definition) is 1. The third-order valence-corrected chi connectivity index (χ3v) is 3.91. The Labute approximate surface area is 129 Å². The predicted octanol–water partition coefficient (Wildman–Crippen LogP) is 3.89. The topological polar surface area (TPSA) is 46.5 Å². The van der Waals surface area contributed by atoms with Gasteiger partial charge in [-0.15, -0.1) is 11.8 Å². The maximum atomic E-state index is 10.5. The van der Waals surface area contributed by atoms with Gasteiger partial charge in [0.15, 0.2) is 0 Å². The summed E-state index contributed by atoms with van der Waals surface area (Å²) in [6, 6.07) is 16.0. The summed E-state index contributed by atoms with van der Waals surface area (Å²) in [7, 11) is 0. The van der Waals surface area contributed by atoms with Crippen LogP contribution in [0.4, 0.5) is 0 Å². The molecule has 0 amide bonds. The Hall–Kier alpha value is -1.94. The van der Waals surface area contributed by atoms with Crippen molar-refractivity contribution in [2.24, 2.45) is 0 Å². The molecule has 0 saturated carbocycles. The highest BCUT2D eigenvalue weighted by Gasteiger charge is 2.01. The highest BCUT2D eigenvalue weighted by molar-refractivity contribution is 7.99. The van der Waals surface area contributed by atoms with Crippen LogP contribution in [0.5, 0.6) is 5.75 Å².